The molecule has 0 atom stereocenters. The van der Waals surface area contributed by atoms with Crippen molar-refractivity contribution >= 4 is 5.91 Å². The maximum Gasteiger partial charge on any atom is 0.221 e. The van der Waals surface area contributed by atoms with Gasteiger partial charge < -0.3 is 15.2 Å². The number of hydrogen-bond donors (Lipinski definition) is 2. The molecule has 1 heterocycles. The van der Waals surface area contributed by atoms with Gasteiger partial charge in [0, 0.05) is 37.8 Å². The Morgan fingerprint density at radius 2 is 2.16 bits per heavy atom. The zero-order valence-corrected chi connectivity index (χ0v) is 12.5. The van der Waals surface area contributed by atoms with Gasteiger partial charge in [-0.2, -0.15) is 0 Å². The van der Waals surface area contributed by atoms with Crippen molar-refractivity contribution in [3.63, 3.8) is 0 Å². The number of rotatable bonds is 7. The van der Waals surface area contributed by atoms with E-state index in [-0.39, 0.29) is 11.4 Å². The number of imidazole rings is 1. The lowest BCUT2D eigenvalue weighted by molar-refractivity contribution is -0.122. The van der Waals surface area contributed by atoms with E-state index in [0.29, 0.717) is 13.0 Å². The molecule has 0 bridgehead atoms. The predicted octanol–water partition coefficient (Wildman–Crippen LogP) is 1.69. The van der Waals surface area contributed by atoms with Crippen molar-refractivity contribution < 1.29 is 4.79 Å². The Morgan fingerprint density at radius 3 is 2.79 bits per heavy atom. The van der Waals surface area contributed by atoms with Gasteiger partial charge in [0.05, 0.1) is 12.0 Å². The average molecular weight is 266 g/mol. The van der Waals surface area contributed by atoms with Gasteiger partial charge in [0.25, 0.3) is 0 Å². The minimum atomic E-state index is -0.156. The van der Waals surface area contributed by atoms with Crippen LogP contribution in [0.2, 0.25) is 0 Å². The maximum absolute atomic E-state index is 11.6. The Bertz CT molecular complexity index is 392. The van der Waals surface area contributed by atoms with E-state index in [2.05, 4.69) is 27.1 Å². The van der Waals surface area contributed by atoms with Crippen LogP contribution >= 0.6 is 0 Å². The molecule has 108 valence electrons. The largest absolute Gasteiger partial charge is 0.351 e. The third-order valence-electron chi connectivity index (χ3n) is 2.61. The monoisotopic (exact) mass is 266 g/mol. The molecule has 0 aliphatic rings. The molecule has 19 heavy (non-hydrogen) atoms. The molecule has 1 aromatic rings. The minimum Gasteiger partial charge on any atom is -0.351 e. The second-order valence-corrected chi connectivity index (χ2v) is 5.80. The van der Waals surface area contributed by atoms with Crippen molar-refractivity contribution in [2.75, 3.05) is 6.54 Å². The summed E-state index contributed by atoms with van der Waals surface area (Å²) in [7, 11) is 0. The van der Waals surface area contributed by atoms with E-state index in [4.69, 9.17) is 0 Å². The normalized spacial score (nSPS) is 11.6. The number of hydrogen-bond acceptors (Lipinski definition) is 3. The van der Waals surface area contributed by atoms with E-state index >= 15 is 0 Å². The van der Waals surface area contributed by atoms with Crippen LogP contribution in [0.3, 0.4) is 0 Å². The van der Waals surface area contributed by atoms with Crippen LogP contribution in [0.4, 0.5) is 0 Å². The number of carbonyl (C=O) groups is 1. The number of aromatic nitrogens is 2. The van der Waals surface area contributed by atoms with Crippen LogP contribution in [0.1, 0.15) is 46.2 Å². The van der Waals surface area contributed by atoms with Gasteiger partial charge in [0.2, 0.25) is 5.91 Å². The lowest BCUT2D eigenvalue weighted by Gasteiger charge is -2.20. The number of nitrogens with one attached hydrogen (secondary N) is 2. The first-order valence-corrected chi connectivity index (χ1v) is 6.93. The molecule has 5 heteroatoms. The average Bonchev–Trinajstić information content (AvgIpc) is 2.70. The fourth-order valence-electron chi connectivity index (χ4n) is 1.84. The van der Waals surface area contributed by atoms with Crippen LogP contribution in [0.5, 0.6) is 0 Å². The molecule has 1 rings (SSSR count). The predicted molar refractivity (Wildman–Crippen MR) is 76.7 cm³/mol. The van der Waals surface area contributed by atoms with Gasteiger partial charge in [-0.05, 0) is 27.2 Å². The highest BCUT2D eigenvalue weighted by Gasteiger charge is 2.12. The summed E-state index contributed by atoms with van der Waals surface area (Å²) in [5.41, 5.74) is 1.01. The first-order chi connectivity index (χ1) is 8.92. The van der Waals surface area contributed by atoms with Crippen molar-refractivity contribution in [3.8, 4) is 0 Å². The van der Waals surface area contributed by atoms with Gasteiger partial charge in [0.1, 0.15) is 0 Å². The van der Waals surface area contributed by atoms with Crippen LogP contribution in [0.15, 0.2) is 12.5 Å². The standard InChI is InChI=1S/C14H26N4O/c1-5-8-18-11-16-10-12(18)9-15-7-6-13(19)17-14(2,3)4/h10-11,15H,5-9H2,1-4H3,(H,17,19). The Hall–Kier alpha value is -1.36. The first-order valence-electron chi connectivity index (χ1n) is 6.93. The van der Waals surface area contributed by atoms with Crippen molar-refractivity contribution in [2.24, 2.45) is 0 Å². The Kier molecular flexibility index (Phi) is 6.02. The second-order valence-electron chi connectivity index (χ2n) is 5.80. The van der Waals surface area contributed by atoms with Gasteiger partial charge in [-0.15, -0.1) is 0 Å². The van der Waals surface area contributed by atoms with Crippen molar-refractivity contribution in [1.29, 1.82) is 0 Å². The summed E-state index contributed by atoms with van der Waals surface area (Å²) in [6.07, 6.45) is 5.32. The fraction of sp³-hybridized carbons (Fsp3) is 0.714. The fourth-order valence-corrected chi connectivity index (χ4v) is 1.84. The molecule has 0 saturated carbocycles. The third kappa shape index (κ3) is 6.38. The molecule has 0 aliphatic heterocycles. The summed E-state index contributed by atoms with van der Waals surface area (Å²) in [6, 6.07) is 0. The van der Waals surface area contributed by atoms with Crippen LogP contribution in [0, 0.1) is 0 Å². The quantitative estimate of drug-likeness (QED) is 0.738. The molecule has 5 nitrogen and oxygen atoms in total. The highest BCUT2D eigenvalue weighted by atomic mass is 16.1. The van der Waals surface area contributed by atoms with Crippen molar-refractivity contribution in [3.05, 3.63) is 18.2 Å². The molecule has 0 fully saturated rings. The highest BCUT2D eigenvalue weighted by Crippen LogP contribution is 2.01. The van der Waals surface area contributed by atoms with Crippen LogP contribution in [-0.2, 0) is 17.9 Å². The van der Waals surface area contributed by atoms with Gasteiger partial charge >= 0.3 is 0 Å². The Labute approximate surface area is 115 Å². The molecular weight excluding hydrogens is 240 g/mol. The molecule has 0 aromatic carbocycles. The zero-order chi connectivity index (χ0) is 14.3. The molecule has 1 amide bonds. The van der Waals surface area contributed by atoms with E-state index in [9.17, 15) is 4.79 Å². The number of aryl methyl sites for hydroxylation is 1. The van der Waals surface area contributed by atoms with E-state index < -0.39 is 0 Å². The molecule has 0 spiro atoms. The minimum absolute atomic E-state index is 0.0852. The summed E-state index contributed by atoms with van der Waals surface area (Å²) < 4.78 is 2.14. The lowest BCUT2D eigenvalue weighted by atomic mass is 10.1. The first kappa shape index (κ1) is 15.7. The van der Waals surface area contributed by atoms with Gasteiger partial charge in [-0.25, -0.2) is 4.98 Å². The van der Waals surface area contributed by atoms with Crippen LogP contribution < -0.4 is 10.6 Å². The Balaban J connectivity index is 2.23. The summed E-state index contributed by atoms with van der Waals surface area (Å²) in [5.74, 6) is 0.0852. The second kappa shape index (κ2) is 7.28. The third-order valence-corrected chi connectivity index (χ3v) is 2.61. The van der Waals surface area contributed by atoms with E-state index in [0.717, 1.165) is 25.2 Å². The van der Waals surface area contributed by atoms with Crippen LogP contribution in [0.25, 0.3) is 0 Å². The molecule has 0 radical (unpaired) electrons. The molecule has 0 saturated heterocycles. The van der Waals surface area contributed by atoms with Crippen molar-refractivity contribution in [1.82, 2.24) is 20.2 Å². The number of carbonyl (C=O) groups excluding carboxylic acids is 1. The zero-order valence-electron chi connectivity index (χ0n) is 12.5. The summed E-state index contributed by atoms with van der Waals surface area (Å²) in [4.78, 5) is 15.8. The number of amides is 1. The SMILES string of the molecule is CCCn1cncc1CNCCC(=O)NC(C)(C)C. The van der Waals surface area contributed by atoms with E-state index in [1.165, 1.54) is 0 Å². The van der Waals surface area contributed by atoms with Gasteiger partial charge in [-0.3, -0.25) is 4.79 Å². The summed E-state index contributed by atoms with van der Waals surface area (Å²) >= 11 is 0. The van der Waals surface area contributed by atoms with Gasteiger partial charge in [-0.1, -0.05) is 6.92 Å². The Morgan fingerprint density at radius 1 is 1.42 bits per heavy atom. The summed E-state index contributed by atoms with van der Waals surface area (Å²) in [5, 5.41) is 6.23. The lowest BCUT2D eigenvalue weighted by Crippen LogP contribution is -2.41. The maximum atomic E-state index is 11.6. The molecule has 0 aliphatic carbocycles. The number of nitrogens with zero attached hydrogens (tertiary/aromatic N) is 2. The molecule has 0 unspecified atom stereocenters. The van der Waals surface area contributed by atoms with Gasteiger partial charge in [0.15, 0.2) is 0 Å². The topological polar surface area (TPSA) is 59.0 Å². The van der Waals surface area contributed by atoms with E-state index in [1.807, 2.05) is 33.3 Å². The highest BCUT2D eigenvalue weighted by molar-refractivity contribution is 5.76. The molecular formula is C14H26N4O. The van der Waals surface area contributed by atoms with Crippen LogP contribution in [-0.4, -0.2) is 27.5 Å². The van der Waals surface area contributed by atoms with Crippen molar-refractivity contribution in [2.45, 2.75) is 59.2 Å². The summed E-state index contributed by atoms with van der Waals surface area (Å²) in [6.45, 7) is 10.5. The molecule has 2 N–H and O–H groups in total. The molecule has 1 aromatic heterocycles. The smallest absolute Gasteiger partial charge is 0.221 e. The van der Waals surface area contributed by atoms with E-state index in [1.54, 1.807) is 0 Å².